The summed E-state index contributed by atoms with van der Waals surface area (Å²) in [6.45, 7) is 2.39. The van der Waals surface area contributed by atoms with Crippen molar-refractivity contribution in [1.29, 1.82) is 0 Å². The maximum Gasteiger partial charge on any atom is 0.416 e. The lowest BCUT2D eigenvalue weighted by Crippen LogP contribution is -2.36. The average molecular weight is 277 g/mol. The fourth-order valence-corrected chi connectivity index (χ4v) is 2.35. The summed E-state index contributed by atoms with van der Waals surface area (Å²) in [5, 5.41) is 0. The Morgan fingerprint density at radius 1 is 1.17 bits per heavy atom. The molecule has 0 radical (unpaired) electrons. The Bertz CT molecular complexity index is 416. The number of nitrogens with zero attached hydrogens (tertiary/aromatic N) is 1. The first kappa shape index (κ1) is 13.5. The van der Waals surface area contributed by atoms with Gasteiger partial charge in [-0.1, -0.05) is 0 Å². The predicted octanol–water partition coefficient (Wildman–Crippen LogP) is 3.26. The van der Waals surface area contributed by atoms with Crippen molar-refractivity contribution in [2.24, 2.45) is 0 Å². The number of benzene rings is 1. The molecule has 0 saturated carbocycles. The largest absolute Gasteiger partial charge is 0.416 e. The van der Waals surface area contributed by atoms with Crippen molar-refractivity contribution >= 4 is 17.4 Å². The maximum absolute atomic E-state index is 12.8. The molecule has 6 heteroatoms. The molecule has 100 valence electrons. The van der Waals surface area contributed by atoms with Gasteiger partial charge in [0, 0.05) is 23.7 Å². The number of alkyl halides is 3. The second-order valence-corrected chi connectivity index (χ2v) is 4.90. The Morgan fingerprint density at radius 3 is 2.39 bits per heavy atom. The van der Waals surface area contributed by atoms with Crippen LogP contribution in [0, 0.1) is 0 Å². The minimum absolute atomic E-state index is 0.560. The van der Waals surface area contributed by atoms with E-state index < -0.39 is 11.7 Å². The lowest BCUT2D eigenvalue weighted by Gasteiger charge is -2.29. The maximum atomic E-state index is 12.8. The molecular weight excluding hydrogens is 263 g/mol. The number of anilines is 1. The van der Waals surface area contributed by atoms with Crippen LogP contribution in [0.2, 0.25) is 0 Å². The molecule has 0 unspecified atom stereocenters. The fourth-order valence-electron chi connectivity index (χ4n) is 1.87. The Hall–Kier alpha value is -0.880. The van der Waals surface area contributed by atoms with Crippen molar-refractivity contribution in [3.63, 3.8) is 0 Å². The van der Waals surface area contributed by atoms with Gasteiger partial charge in [0.05, 0.1) is 18.8 Å². The molecule has 0 atom stereocenters. The molecule has 1 aliphatic rings. The van der Waals surface area contributed by atoms with E-state index >= 15 is 0 Å². The average Bonchev–Trinajstić information content (AvgIpc) is 2.38. The normalized spacial score (nSPS) is 17.0. The molecular formula is C12H14F3NOS. The van der Waals surface area contributed by atoms with Crippen LogP contribution < -0.4 is 4.90 Å². The van der Waals surface area contributed by atoms with E-state index in [1.165, 1.54) is 23.9 Å². The Labute approximate surface area is 108 Å². The van der Waals surface area contributed by atoms with Gasteiger partial charge in [0.2, 0.25) is 0 Å². The second-order valence-electron chi connectivity index (χ2n) is 4.02. The number of halogens is 3. The van der Waals surface area contributed by atoms with Gasteiger partial charge >= 0.3 is 6.18 Å². The quantitative estimate of drug-likeness (QED) is 0.770. The Kier molecular flexibility index (Phi) is 4.07. The van der Waals surface area contributed by atoms with Crippen LogP contribution in [0.3, 0.4) is 0 Å². The zero-order chi connectivity index (χ0) is 13.2. The van der Waals surface area contributed by atoms with E-state index in [-0.39, 0.29) is 0 Å². The van der Waals surface area contributed by atoms with E-state index in [0.29, 0.717) is 36.9 Å². The zero-order valence-electron chi connectivity index (χ0n) is 9.96. The molecule has 0 bridgehead atoms. The smallest absolute Gasteiger partial charge is 0.378 e. The van der Waals surface area contributed by atoms with E-state index in [1.54, 1.807) is 12.3 Å². The van der Waals surface area contributed by atoms with E-state index in [9.17, 15) is 13.2 Å². The van der Waals surface area contributed by atoms with Gasteiger partial charge in [0.15, 0.2) is 0 Å². The van der Waals surface area contributed by atoms with Crippen LogP contribution in [0.4, 0.5) is 18.9 Å². The van der Waals surface area contributed by atoms with Crippen LogP contribution in [0.5, 0.6) is 0 Å². The molecule has 0 amide bonds. The third kappa shape index (κ3) is 3.11. The van der Waals surface area contributed by atoms with Crippen molar-refractivity contribution in [2.45, 2.75) is 11.1 Å². The molecule has 2 rings (SSSR count). The van der Waals surface area contributed by atoms with Crippen molar-refractivity contribution < 1.29 is 17.9 Å². The van der Waals surface area contributed by atoms with Crippen molar-refractivity contribution in [2.75, 3.05) is 37.5 Å². The predicted molar refractivity (Wildman–Crippen MR) is 66.3 cm³/mol. The van der Waals surface area contributed by atoms with Crippen LogP contribution >= 0.6 is 11.8 Å². The van der Waals surface area contributed by atoms with Crippen LogP contribution in [-0.4, -0.2) is 32.6 Å². The number of morpholine rings is 1. The molecule has 1 aliphatic heterocycles. The molecule has 1 aromatic rings. The van der Waals surface area contributed by atoms with E-state index in [0.717, 1.165) is 0 Å². The fraction of sp³-hybridized carbons (Fsp3) is 0.500. The first-order valence-corrected chi connectivity index (χ1v) is 6.82. The monoisotopic (exact) mass is 277 g/mol. The molecule has 1 fully saturated rings. The molecule has 18 heavy (non-hydrogen) atoms. The summed E-state index contributed by atoms with van der Waals surface area (Å²) in [5.41, 5.74) is 0.0355. The Balaban J connectivity index is 2.34. The lowest BCUT2D eigenvalue weighted by molar-refractivity contribution is -0.137. The summed E-state index contributed by atoms with van der Waals surface area (Å²) in [6, 6.07) is 4.20. The van der Waals surface area contributed by atoms with Gasteiger partial charge in [-0.2, -0.15) is 13.2 Å². The number of rotatable bonds is 2. The number of hydrogen-bond donors (Lipinski definition) is 0. The third-order valence-corrected chi connectivity index (χ3v) is 3.54. The lowest BCUT2D eigenvalue weighted by atomic mass is 10.1. The van der Waals surface area contributed by atoms with Gasteiger partial charge in [0.1, 0.15) is 0 Å². The third-order valence-electron chi connectivity index (χ3n) is 2.83. The molecule has 0 aliphatic carbocycles. The van der Waals surface area contributed by atoms with Crippen molar-refractivity contribution in [1.82, 2.24) is 0 Å². The van der Waals surface area contributed by atoms with Crippen LogP contribution in [-0.2, 0) is 10.9 Å². The van der Waals surface area contributed by atoms with Crippen molar-refractivity contribution in [3.05, 3.63) is 23.8 Å². The summed E-state index contributed by atoms with van der Waals surface area (Å²) in [6.07, 6.45) is -2.52. The van der Waals surface area contributed by atoms with Crippen LogP contribution in [0.25, 0.3) is 0 Å². The van der Waals surface area contributed by atoms with E-state index in [1.807, 2.05) is 4.90 Å². The summed E-state index contributed by atoms with van der Waals surface area (Å²) in [5.74, 6) is 0. The highest BCUT2D eigenvalue weighted by Crippen LogP contribution is 2.35. The summed E-state index contributed by atoms with van der Waals surface area (Å²) in [4.78, 5) is 2.56. The molecule has 1 aromatic carbocycles. The molecule has 2 nitrogen and oxygen atoms in total. The first-order valence-electron chi connectivity index (χ1n) is 5.59. The minimum Gasteiger partial charge on any atom is -0.378 e. The summed E-state index contributed by atoms with van der Waals surface area (Å²) < 4.78 is 43.6. The molecule has 0 spiro atoms. The van der Waals surface area contributed by atoms with Gasteiger partial charge in [-0.3, -0.25) is 0 Å². The van der Waals surface area contributed by atoms with Crippen LogP contribution in [0.15, 0.2) is 23.1 Å². The molecule has 0 aromatic heterocycles. The second kappa shape index (κ2) is 5.40. The summed E-state index contributed by atoms with van der Waals surface area (Å²) in [7, 11) is 0. The number of ether oxygens (including phenoxy) is 1. The van der Waals surface area contributed by atoms with Gasteiger partial charge in [0.25, 0.3) is 0 Å². The topological polar surface area (TPSA) is 12.5 Å². The van der Waals surface area contributed by atoms with Crippen LogP contribution in [0.1, 0.15) is 5.56 Å². The first-order chi connectivity index (χ1) is 8.50. The van der Waals surface area contributed by atoms with Gasteiger partial charge in [-0.25, -0.2) is 0 Å². The highest BCUT2D eigenvalue weighted by atomic mass is 32.2. The van der Waals surface area contributed by atoms with Gasteiger partial charge in [-0.05, 0) is 24.5 Å². The molecule has 1 heterocycles. The zero-order valence-corrected chi connectivity index (χ0v) is 10.8. The van der Waals surface area contributed by atoms with Gasteiger partial charge < -0.3 is 9.64 Å². The van der Waals surface area contributed by atoms with Gasteiger partial charge in [-0.15, -0.1) is 11.8 Å². The SMILES string of the molecule is CSc1cc(N2CCOCC2)cc(C(F)(F)F)c1. The number of thioether (sulfide) groups is 1. The minimum atomic E-state index is -4.30. The highest BCUT2D eigenvalue weighted by Gasteiger charge is 2.31. The molecule has 0 N–H and O–H groups in total. The van der Waals surface area contributed by atoms with E-state index in [2.05, 4.69) is 0 Å². The van der Waals surface area contributed by atoms with Crippen molar-refractivity contribution in [3.8, 4) is 0 Å². The highest BCUT2D eigenvalue weighted by molar-refractivity contribution is 7.98. The molecule has 1 saturated heterocycles. The standard InChI is InChI=1S/C12H14F3NOS/c1-18-11-7-9(12(13,14)15)6-10(8-11)16-2-4-17-5-3-16/h6-8H,2-5H2,1H3. The van der Waals surface area contributed by atoms with E-state index in [4.69, 9.17) is 4.74 Å². The number of hydrogen-bond acceptors (Lipinski definition) is 3. The Morgan fingerprint density at radius 2 is 1.83 bits per heavy atom. The summed E-state index contributed by atoms with van der Waals surface area (Å²) >= 11 is 1.32.